The quantitative estimate of drug-likeness (QED) is 0.814. The van der Waals surface area contributed by atoms with Gasteiger partial charge in [0.1, 0.15) is 10.6 Å². The van der Waals surface area contributed by atoms with Crippen LogP contribution in [-0.2, 0) is 10.0 Å². The second-order valence-electron chi connectivity index (χ2n) is 6.47. The van der Waals surface area contributed by atoms with Gasteiger partial charge in [-0.2, -0.15) is 0 Å². The molecule has 140 valence electrons. The number of ether oxygens (including phenoxy) is 1. The van der Waals surface area contributed by atoms with Gasteiger partial charge in [-0.05, 0) is 46.0 Å². The van der Waals surface area contributed by atoms with Crippen molar-refractivity contribution in [1.82, 2.24) is 14.5 Å². The lowest BCUT2D eigenvalue weighted by Crippen LogP contribution is -2.47. The van der Waals surface area contributed by atoms with E-state index in [2.05, 4.69) is 9.62 Å². The van der Waals surface area contributed by atoms with Gasteiger partial charge in [-0.15, -0.1) is 0 Å². The Kier molecular flexibility index (Phi) is 6.42. The average Bonchev–Trinajstić information content (AvgIpc) is 2.54. The minimum atomic E-state index is -3.76. The summed E-state index contributed by atoms with van der Waals surface area (Å²) in [6.07, 6.45) is 0. The van der Waals surface area contributed by atoms with Crippen molar-refractivity contribution in [3.05, 3.63) is 23.8 Å². The van der Waals surface area contributed by atoms with Gasteiger partial charge in [0.2, 0.25) is 10.0 Å². The van der Waals surface area contributed by atoms with Gasteiger partial charge in [0.25, 0.3) is 5.91 Å². The number of sulfonamides is 1. The molecule has 7 nitrogen and oxygen atoms in total. The van der Waals surface area contributed by atoms with Crippen LogP contribution in [0.4, 0.5) is 0 Å². The molecular formula is C17H27N3O4S. The van der Waals surface area contributed by atoms with Crippen molar-refractivity contribution in [3.63, 3.8) is 0 Å². The molecule has 0 spiro atoms. The number of nitrogens with one attached hydrogen (secondary N) is 1. The summed E-state index contributed by atoms with van der Waals surface area (Å²) in [5, 5.41) is 0. The smallest absolute Gasteiger partial charge is 0.253 e. The van der Waals surface area contributed by atoms with Crippen molar-refractivity contribution in [2.45, 2.75) is 31.7 Å². The summed E-state index contributed by atoms with van der Waals surface area (Å²) in [5.41, 5.74) is 0.358. The largest absolute Gasteiger partial charge is 0.492 e. The number of rotatable bonds is 6. The van der Waals surface area contributed by atoms with Crippen molar-refractivity contribution in [2.75, 3.05) is 39.8 Å². The van der Waals surface area contributed by atoms with Gasteiger partial charge in [0.15, 0.2) is 0 Å². The minimum absolute atomic E-state index is 0.00280. The molecule has 1 N–H and O–H groups in total. The van der Waals surface area contributed by atoms with E-state index in [0.29, 0.717) is 25.3 Å². The summed E-state index contributed by atoms with van der Waals surface area (Å²) in [5.74, 6) is 0.0997. The van der Waals surface area contributed by atoms with Crippen LogP contribution in [0.25, 0.3) is 0 Å². The fourth-order valence-corrected chi connectivity index (χ4v) is 4.11. The predicted molar refractivity (Wildman–Crippen MR) is 96.5 cm³/mol. The number of hydrogen-bond acceptors (Lipinski definition) is 5. The second-order valence-corrected chi connectivity index (χ2v) is 8.15. The summed E-state index contributed by atoms with van der Waals surface area (Å²) < 4.78 is 33.2. The van der Waals surface area contributed by atoms with Gasteiger partial charge in [-0.3, -0.25) is 4.79 Å². The molecule has 0 aromatic heterocycles. The number of nitrogens with zero attached hydrogens (tertiary/aromatic N) is 2. The molecule has 25 heavy (non-hydrogen) atoms. The molecule has 0 atom stereocenters. The molecule has 0 saturated carbocycles. The van der Waals surface area contributed by atoms with Gasteiger partial charge < -0.3 is 14.5 Å². The van der Waals surface area contributed by atoms with Crippen LogP contribution in [0, 0.1) is 0 Å². The van der Waals surface area contributed by atoms with Crippen molar-refractivity contribution < 1.29 is 17.9 Å². The Hall–Kier alpha value is -1.64. The number of piperazine rings is 1. The van der Waals surface area contributed by atoms with E-state index < -0.39 is 10.0 Å². The fourth-order valence-electron chi connectivity index (χ4n) is 2.69. The van der Waals surface area contributed by atoms with Crippen molar-refractivity contribution in [3.8, 4) is 5.75 Å². The van der Waals surface area contributed by atoms with Gasteiger partial charge in [0, 0.05) is 37.8 Å². The molecule has 0 aliphatic carbocycles. The van der Waals surface area contributed by atoms with E-state index in [1.807, 2.05) is 7.05 Å². The number of benzene rings is 1. The van der Waals surface area contributed by atoms with Crippen LogP contribution >= 0.6 is 0 Å². The normalized spacial score (nSPS) is 16.3. The first-order chi connectivity index (χ1) is 11.7. The number of carbonyl (C=O) groups is 1. The molecule has 1 aromatic carbocycles. The molecule has 1 aliphatic heterocycles. The van der Waals surface area contributed by atoms with E-state index in [1.54, 1.807) is 37.8 Å². The number of amides is 1. The van der Waals surface area contributed by atoms with E-state index in [9.17, 15) is 13.2 Å². The van der Waals surface area contributed by atoms with E-state index >= 15 is 0 Å². The lowest BCUT2D eigenvalue weighted by Gasteiger charge is -2.32. The highest BCUT2D eigenvalue weighted by Gasteiger charge is 2.25. The highest BCUT2D eigenvalue weighted by molar-refractivity contribution is 7.89. The number of hydrogen-bond donors (Lipinski definition) is 1. The molecule has 1 aromatic rings. The van der Waals surface area contributed by atoms with Crippen molar-refractivity contribution >= 4 is 15.9 Å². The molecule has 2 rings (SSSR count). The zero-order valence-electron chi connectivity index (χ0n) is 15.3. The molecule has 1 amide bonds. The van der Waals surface area contributed by atoms with Crippen molar-refractivity contribution in [1.29, 1.82) is 0 Å². The Morgan fingerprint density at radius 3 is 2.44 bits per heavy atom. The third-order valence-electron chi connectivity index (χ3n) is 3.96. The standard InChI is InChI=1S/C17H27N3O4S/c1-5-24-15-7-6-14(12-16(15)25(22,23)18-13(2)3)17(21)20-10-8-19(4)9-11-20/h6-7,12-13,18H,5,8-11H2,1-4H3. The first-order valence-electron chi connectivity index (χ1n) is 8.51. The monoisotopic (exact) mass is 369 g/mol. The summed E-state index contributed by atoms with van der Waals surface area (Å²) in [7, 11) is -1.75. The Labute approximate surface area is 150 Å². The molecule has 0 radical (unpaired) electrons. The number of likely N-dealkylation sites (N-methyl/N-ethyl adjacent to an activating group) is 1. The lowest BCUT2D eigenvalue weighted by molar-refractivity contribution is 0.0664. The van der Waals surface area contributed by atoms with E-state index in [-0.39, 0.29) is 22.6 Å². The van der Waals surface area contributed by atoms with Crippen LogP contribution < -0.4 is 9.46 Å². The summed E-state index contributed by atoms with van der Waals surface area (Å²) >= 11 is 0. The Balaban J connectivity index is 2.35. The Morgan fingerprint density at radius 2 is 1.88 bits per heavy atom. The van der Waals surface area contributed by atoms with E-state index in [0.717, 1.165) is 13.1 Å². The predicted octanol–water partition coefficient (Wildman–Crippen LogP) is 1.16. The fraction of sp³-hybridized carbons (Fsp3) is 0.588. The molecule has 0 unspecified atom stereocenters. The SMILES string of the molecule is CCOc1ccc(C(=O)N2CCN(C)CC2)cc1S(=O)(=O)NC(C)C. The lowest BCUT2D eigenvalue weighted by atomic mass is 10.1. The van der Waals surface area contributed by atoms with Crippen LogP contribution in [0.1, 0.15) is 31.1 Å². The minimum Gasteiger partial charge on any atom is -0.492 e. The summed E-state index contributed by atoms with van der Waals surface area (Å²) in [6, 6.07) is 4.34. The van der Waals surface area contributed by atoms with Crippen LogP contribution in [0.5, 0.6) is 5.75 Å². The first-order valence-corrected chi connectivity index (χ1v) is 10.00. The first kappa shape index (κ1) is 19.7. The maximum atomic E-state index is 12.7. The topological polar surface area (TPSA) is 79.0 Å². The van der Waals surface area contributed by atoms with E-state index in [4.69, 9.17) is 4.74 Å². The van der Waals surface area contributed by atoms with E-state index in [1.165, 1.54) is 6.07 Å². The average molecular weight is 369 g/mol. The van der Waals surface area contributed by atoms with Gasteiger partial charge in [-0.1, -0.05) is 0 Å². The third-order valence-corrected chi connectivity index (χ3v) is 5.64. The molecule has 0 bridgehead atoms. The maximum absolute atomic E-state index is 12.7. The van der Waals surface area contributed by atoms with Crippen molar-refractivity contribution in [2.24, 2.45) is 0 Å². The molecule has 1 aliphatic rings. The summed E-state index contributed by atoms with van der Waals surface area (Å²) in [4.78, 5) is 16.6. The van der Waals surface area contributed by atoms with Crippen LogP contribution in [0.2, 0.25) is 0 Å². The zero-order valence-corrected chi connectivity index (χ0v) is 16.1. The highest BCUT2D eigenvalue weighted by atomic mass is 32.2. The molecule has 8 heteroatoms. The van der Waals surface area contributed by atoms with Crippen LogP contribution in [0.15, 0.2) is 23.1 Å². The summed E-state index contributed by atoms with van der Waals surface area (Å²) in [6.45, 7) is 8.51. The highest BCUT2D eigenvalue weighted by Crippen LogP contribution is 2.26. The molecular weight excluding hydrogens is 342 g/mol. The molecule has 1 heterocycles. The van der Waals surface area contributed by atoms with Gasteiger partial charge in [0.05, 0.1) is 6.61 Å². The second kappa shape index (κ2) is 8.16. The third kappa shape index (κ3) is 4.93. The number of carbonyl (C=O) groups excluding carboxylic acids is 1. The molecule has 1 fully saturated rings. The van der Waals surface area contributed by atoms with Crippen LogP contribution in [-0.4, -0.2) is 70.0 Å². The van der Waals surface area contributed by atoms with Gasteiger partial charge >= 0.3 is 0 Å². The Morgan fingerprint density at radius 1 is 1.24 bits per heavy atom. The van der Waals surface area contributed by atoms with Crippen LogP contribution in [0.3, 0.4) is 0 Å². The maximum Gasteiger partial charge on any atom is 0.253 e. The zero-order chi connectivity index (χ0) is 18.6. The van der Waals surface area contributed by atoms with Gasteiger partial charge in [-0.25, -0.2) is 13.1 Å². The Bertz CT molecular complexity index is 711. The molecule has 1 saturated heterocycles.